The molecule has 0 aromatic carbocycles. The van der Waals surface area contributed by atoms with E-state index >= 15 is 0 Å². The number of rotatable bonds is 5. The van der Waals surface area contributed by atoms with Crippen molar-refractivity contribution in [2.75, 3.05) is 6.54 Å². The van der Waals surface area contributed by atoms with E-state index in [9.17, 15) is 4.79 Å². The summed E-state index contributed by atoms with van der Waals surface area (Å²) in [6.45, 7) is 6.25. The largest absolute Gasteiger partial charge is 0.442 e. The van der Waals surface area contributed by atoms with Crippen LogP contribution >= 0.6 is 11.3 Å². The summed E-state index contributed by atoms with van der Waals surface area (Å²) in [4.78, 5) is 18.4. The second-order valence-corrected chi connectivity index (χ2v) is 6.54. The predicted octanol–water partition coefficient (Wildman–Crippen LogP) is 3.29. The Balaban J connectivity index is 1.67. The van der Waals surface area contributed by atoms with Gasteiger partial charge in [-0.25, -0.2) is 4.98 Å². The van der Waals surface area contributed by atoms with Gasteiger partial charge < -0.3 is 14.3 Å². The van der Waals surface area contributed by atoms with Crippen LogP contribution in [0.15, 0.2) is 27.5 Å². The van der Waals surface area contributed by atoms with E-state index < -0.39 is 0 Å². The van der Waals surface area contributed by atoms with Gasteiger partial charge in [0, 0.05) is 17.0 Å². The lowest BCUT2D eigenvalue weighted by atomic mass is 10.1. The Morgan fingerprint density at radius 3 is 2.78 bits per heavy atom. The molecule has 3 aromatic heterocycles. The number of nitrogens with zero attached hydrogens (tertiary/aromatic N) is 2. The molecule has 3 heterocycles. The van der Waals surface area contributed by atoms with Gasteiger partial charge in [0.15, 0.2) is 17.8 Å². The first-order valence-electron chi connectivity index (χ1n) is 7.26. The van der Waals surface area contributed by atoms with E-state index in [0.29, 0.717) is 24.4 Å². The van der Waals surface area contributed by atoms with Crippen molar-refractivity contribution in [3.63, 3.8) is 0 Å². The second-order valence-electron chi connectivity index (χ2n) is 5.25. The zero-order chi connectivity index (χ0) is 16.4. The Bertz CT molecular complexity index is 812. The third-order valence-corrected chi connectivity index (χ3v) is 4.59. The van der Waals surface area contributed by atoms with Gasteiger partial charge in [0.05, 0.1) is 10.6 Å². The van der Waals surface area contributed by atoms with E-state index in [1.165, 1.54) is 6.39 Å². The van der Waals surface area contributed by atoms with Crippen LogP contribution in [-0.2, 0) is 6.42 Å². The summed E-state index contributed by atoms with van der Waals surface area (Å²) >= 11 is 1.57. The summed E-state index contributed by atoms with van der Waals surface area (Å²) in [6, 6.07) is 3.92. The van der Waals surface area contributed by atoms with Gasteiger partial charge in [-0.05, 0) is 39.3 Å². The van der Waals surface area contributed by atoms with Crippen LogP contribution in [0.25, 0.3) is 10.6 Å². The molecule has 23 heavy (non-hydrogen) atoms. The van der Waals surface area contributed by atoms with E-state index in [1.54, 1.807) is 11.3 Å². The Hall–Kier alpha value is -2.41. The highest BCUT2D eigenvalue weighted by atomic mass is 32.1. The third kappa shape index (κ3) is 3.19. The summed E-state index contributed by atoms with van der Waals surface area (Å²) < 4.78 is 10.5. The summed E-state index contributed by atoms with van der Waals surface area (Å²) in [5.41, 5.74) is 2.19. The predicted molar refractivity (Wildman–Crippen MR) is 86.6 cm³/mol. The maximum Gasteiger partial charge on any atom is 0.273 e. The Morgan fingerprint density at radius 1 is 1.30 bits per heavy atom. The monoisotopic (exact) mass is 331 g/mol. The summed E-state index contributed by atoms with van der Waals surface area (Å²) in [7, 11) is 0. The van der Waals surface area contributed by atoms with Gasteiger partial charge in [0.25, 0.3) is 5.91 Å². The Kier molecular flexibility index (Phi) is 4.29. The SMILES string of the molecule is Cc1ccc(-c2ocnc2C(=O)NCCc2c(C)noc2C)s1. The van der Waals surface area contributed by atoms with Crippen LogP contribution in [0.4, 0.5) is 0 Å². The van der Waals surface area contributed by atoms with Crippen molar-refractivity contribution in [3.05, 3.63) is 46.1 Å². The molecule has 0 saturated heterocycles. The number of carbonyl (C=O) groups excluding carboxylic acids is 1. The number of aromatic nitrogens is 2. The smallest absolute Gasteiger partial charge is 0.273 e. The molecule has 0 unspecified atom stereocenters. The van der Waals surface area contributed by atoms with Crippen LogP contribution < -0.4 is 5.32 Å². The number of amides is 1. The van der Waals surface area contributed by atoms with Crippen LogP contribution in [0.1, 0.15) is 32.4 Å². The molecule has 0 aliphatic rings. The highest BCUT2D eigenvalue weighted by molar-refractivity contribution is 7.15. The van der Waals surface area contributed by atoms with Gasteiger partial charge in [-0.3, -0.25) is 4.79 Å². The van der Waals surface area contributed by atoms with Crippen molar-refractivity contribution >= 4 is 17.2 Å². The molecule has 120 valence electrons. The van der Waals surface area contributed by atoms with Gasteiger partial charge in [0.1, 0.15) is 5.76 Å². The van der Waals surface area contributed by atoms with Crippen molar-refractivity contribution in [1.82, 2.24) is 15.5 Å². The first kappa shape index (κ1) is 15.5. The molecule has 1 amide bonds. The quantitative estimate of drug-likeness (QED) is 0.776. The van der Waals surface area contributed by atoms with Crippen molar-refractivity contribution in [2.24, 2.45) is 0 Å². The van der Waals surface area contributed by atoms with Gasteiger partial charge in [-0.2, -0.15) is 0 Å². The van der Waals surface area contributed by atoms with E-state index in [2.05, 4.69) is 15.5 Å². The number of thiophene rings is 1. The number of hydrogen-bond acceptors (Lipinski definition) is 6. The van der Waals surface area contributed by atoms with E-state index in [4.69, 9.17) is 8.94 Å². The molecule has 0 bridgehead atoms. The molecule has 7 heteroatoms. The molecule has 0 saturated carbocycles. The van der Waals surface area contributed by atoms with Gasteiger partial charge in [-0.1, -0.05) is 5.16 Å². The molecule has 0 radical (unpaired) electrons. The zero-order valence-electron chi connectivity index (χ0n) is 13.2. The van der Waals surface area contributed by atoms with Crippen molar-refractivity contribution in [2.45, 2.75) is 27.2 Å². The molecule has 0 atom stereocenters. The van der Waals surface area contributed by atoms with Crippen molar-refractivity contribution in [1.29, 1.82) is 0 Å². The average Bonchev–Trinajstić information content (AvgIpc) is 3.22. The van der Waals surface area contributed by atoms with E-state index in [-0.39, 0.29) is 5.91 Å². The lowest BCUT2D eigenvalue weighted by Crippen LogP contribution is -2.26. The van der Waals surface area contributed by atoms with Crippen molar-refractivity contribution < 1.29 is 13.7 Å². The van der Waals surface area contributed by atoms with E-state index in [1.807, 2.05) is 32.9 Å². The molecular weight excluding hydrogens is 314 g/mol. The van der Waals surface area contributed by atoms with Crippen LogP contribution in [0.2, 0.25) is 0 Å². The fourth-order valence-corrected chi connectivity index (χ4v) is 3.24. The molecule has 3 rings (SSSR count). The number of carbonyl (C=O) groups is 1. The maximum atomic E-state index is 12.3. The summed E-state index contributed by atoms with van der Waals surface area (Å²) in [5.74, 6) is 1.05. The third-order valence-electron chi connectivity index (χ3n) is 3.59. The minimum absolute atomic E-state index is 0.244. The maximum absolute atomic E-state index is 12.3. The molecule has 0 aliphatic carbocycles. The minimum Gasteiger partial charge on any atom is -0.442 e. The van der Waals surface area contributed by atoms with E-state index in [0.717, 1.165) is 26.8 Å². The van der Waals surface area contributed by atoms with Crippen LogP contribution in [-0.4, -0.2) is 22.6 Å². The summed E-state index contributed by atoms with van der Waals surface area (Å²) in [5, 5.41) is 6.77. The van der Waals surface area contributed by atoms with Gasteiger partial charge in [-0.15, -0.1) is 11.3 Å². The zero-order valence-corrected chi connectivity index (χ0v) is 14.0. The average molecular weight is 331 g/mol. The molecule has 0 spiro atoms. The molecule has 6 nitrogen and oxygen atoms in total. The van der Waals surface area contributed by atoms with Crippen molar-refractivity contribution in [3.8, 4) is 10.6 Å². The second kappa shape index (κ2) is 6.37. The Morgan fingerprint density at radius 2 is 2.13 bits per heavy atom. The van der Waals surface area contributed by atoms with Crippen LogP contribution in [0, 0.1) is 20.8 Å². The minimum atomic E-state index is -0.244. The number of hydrogen-bond donors (Lipinski definition) is 1. The highest BCUT2D eigenvalue weighted by Gasteiger charge is 2.19. The number of nitrogens with one attached hydrogen (secondary N) is 1. The number of oxazole rings is 1. The lowest BCUT2D eigenvalue weighted by molar-refractivity contribution is 0.0950. The summed E-state index contributed by atoms with van der Waals surface area (Å²) in [6.07, 6.45) is 1.96. The Labute approximate surface area is 137 Å². The first-order valence-corrected chi connectivity index (χ1v) is 8.08. The van der Waals surface area contributed by atoms with Crippen LogP contribution in [0.3, 0.4) is 0 Å². The standard InChI is InChI=1S/C16H17N3O3S/c1-9-4-5-13(23-9)15-14(18-8-21-15)16(20)17-7-6-12-10(2)19-22-11(12)3/h4-5,8H,6-7H2,1-3H3,(H,17,20). The normalized spacial score (nSPS) is 10.9. The first-order chi connectivity index (χ1) is 11.1. The number of aryl methyl sites for hydroxylation is 3. The molecule has 0 fully saturated rings. The lowest BCUT2D eigenvalue weighted by Gasteiger charge is -2.04. The fourth-order valence-electron chi connectivity index (χ4n) is 2.38. The fraction of sp³-hybridized carbons (Fsp3) is 0.312. The highest BCUT2D eigenvalue weighted by Crippen LogP contribution is 2.30. The van der Waals surface area contributed by atoms with Gasteiger partial charge >= 0.3 is 0 Å². The van der Waals surface area contributed by atoms with Crippen LogP contribution in [0.5, 0.6) is 0 Å². The molecular formula is C16H17N3O3S. The molecule has 1 N–H and O–H groups in total. The topological polar surface area (TPSA) is 81.2 Å². The molecule has 0 aliphatic heterocycles. The van der Waals surface area contributed by atoms with Gasteiger partial charge in [0.2, 0.25) is 0 Å². The molecule has 3 aromatic rings.